The Morgan fingerprint density at radius 1 is 1.23 bits per heavy atom. The van der Waals surface area contributed by atoms with Gasteiger partial charge in [0.05, 0.1) is 0 Å². The zero-order valence-corrected chi connectivity index (χ0v) is 18.6. The molecule has 4 rings (SSSR count). The van der Waals surface area contributed by atoms with Crippen LogP contribution in [-0.4, -0.2) is 64.7 Å². The number of nitrogens with zero attached hydrogens (tertiary/aromatic N) is 5. The third-order valence-corrected chi connectivity index (χ3v) is 7.05. The van der Waals surface area contributed by atoms with E-state index in [0.29, 0.717) is 4.96 Å². The number of aryl methyl sites for hydroxylation is 1. The van der Waals surface area contributed by atoms with Gasteiger partial charge in [0.1, 0.15) is 0 Å². The number of rotatable bonds is 8. The van der Waals surface area contributed by atoms with E-state index in [1.165, 1.54) is 41.8 Å². The van der Waals surface area contributed by atoms with Gasteiger partial charge in [-0.2, -0.15) is 4.52 Å². The first-order valence-electron chi connectivity index (χ1n) is 11.3. The second kappa shape index (κ2) is 9.87. The fraction of sp³-hybridized carbons (Fsp3) is 0.714. The Balaban J connectivity index is 1.27. The van der Waals surface area contributed by atoms with E-state index in [-0.39, 0.29) is 17.4 Å². The summed E-state index contributed by atoms with van der Waals surface area (Å²) in [6.07, 6.45) is 7.04. The molecule has 9 heteroatoms. The fourth-order valence-corrected chi connectivity index (χ4v) is 5.33. The first-order valence-corrected chi connectivity index (χ1v) is 12.1. The molecule has 2 saturated heterocycles. The van der Waals surface area contributed by atoms with Crippen LogP contribution in [0.2, 0.25) is 0 Å². The first-order chi connectivity index (χ1) is 14.6. The van der Waals surface area contributed by atoms with Crippen molar-refractivity contribution in [1.82, 2.24) is 24.8 Å². The summed E-state index contributed by atoms with van der Waals surface area (Å²) in [7, 11) is 0. The molecule has 0 aromatic carbocycles. The van der Waals surface area contributed by atoms with E-state index in [0.717, 1.165) is 69.1 Å². The smallest absolute Gasteiger partial charge is 0.275 e. The van der Waals surface area contributed by atoms with Crippen molar-refractivity contribution < 1.29 is 4.79 Å². The molecule has 2 aliphatic heterocycles. The highest BCUT2D eigenvalue weighted by molar-refractivity contribution is 7.20. The van der Waals surface area contributed by atoms with Gasteiger partial charge in [-0.05, 0) is 58.2 Å². The molecule has 0 unspecified atom stereocenters. The lowest BCUT2D eigenvalue weighted by Crippen LogP contribution is -2.41. The Morgan fingerprint density at radius 3 is 2.73 bits per heavy atom. The van der Waals surface area contributed by atoms with Crippen molar-refractivity contribution in [2.75, 3.05) is 44.2 Å². The normalized spacial score (nSPS) is 18.4. The summed E-state index contributed by atoms with van der Waals surface area (Å²) in [5.41, 5.74) is 0.715. The Kier molecular flexibility index (Phi) is 6.99. The summed E-state index contributed by atoms with van der Waals surface area (Å²) in [6, 6.07) is 1.58. The number of aromatic nitrogens is 3. The molecule has 2 aromatic rings. The summed E-state index contributed by atoms with van der Waals surface area (Å²) in [6.45, 7) is 7.91. The number of hydrogen-bond acceptors (Lipinski definition) is 7. The van der Waals surface area contributed by atoms with Crippen molar-refractivity contribution in [3.63, 3.8) is 0 Å². The maximum Gasteiger partial charge on any atom is 0.275 e. The van der Waals surface area contributed by atoms with Crippen LogP contribution in [0, 0.1) is 5.92 Å². The quantitative estimate of drug-likeness (QED) is 0.642. The summed E-state index contributed by atoms with van der Waals surface area (Å²) in [5, 5.41) is 8.43. The molecule has 0 spiro atoms. The Bertz CT molecular complexity index is 912. The largest absolute Gasteiger partial charge is 0.356 e. The second-order valence-corrected chi connectivity index (χ2v) is 9.30. The number of carbonyl (C=O) groups is 1. The number of fused-ring (bicyclic) bond motifs is 1. The number of likely N-dealkylation sites (tertiary alicyclic amines) is 1. The minimum absolute atomic E-state index is 0.0689. The molecule has 0 aliphatic carbocycles. The molecule has 1 amide bonds. The van der Waals surface area contributed by atoms with E-state index >= 15 is 0 Å². The van der Waals surface area contributed by atoms with Gasteiger partial charge in [0.15, 0.2) is 0 Å². The Labute approximate surface area is 181 Å². The standard InChI is InChI=1S/C21H32N6O2S/c1-2-6-17-15-18(28)27-20(23-17)30-21(24-27)26-13-7-16(8-14-26)19(29)22-9-5-12-25-10-3-4-11-25/h15-16H,2-14H2,1H3,(H,22,29). The fourth-order valence-electron chi connectivity index (χ4n) is 4.36. The maximum absolute atomic E-state index is 12.5. The lowest BCUT2D eigenvalue weighted by Gasteiger charge is -2.30. The van der Waals surface area contributed by atoms with E-state index in [4.69, 9.17) is 0 Å². The summed E-state index contributed by atoms with van der Waals surface area (Å²) in [5.74, 6) is 0.252. The van der Waals surface area contributed by atoms with Crippen LogP contribution >= 0.6 is 11.3 Å². The highest BCUT2D eigenvalue weighted by Crippen LogP contribution is 2.27. The lowest BCUT2D eigenvalue weighted by molar-refractivity contribution is -0.125. The van der Waals surface area contributed by atoms with Gasteiger partial charge in [-0.25, -0.2) is 4.98 Å². The van der Waals surface area contributed by atoms with Crippen molar-refractivity contribution in [2.24, 2.45) is 5.92 Å². The molecule has 0 saturated carbocycles. The number of carbonyl (C=O) groups excluding carboxylic acids is 1. The van der Waals surface area contributed by atoms with Gasteiger partial charge < -0.3 is 15.1 Å². The minimum Gasteiger partial charge on any atom is -0.356 e. The molecule has 30 heavy (non-hydrogen) atoms. The molecule has 2 aromatic heterocycles. The molecule has 4 heterocycles. The van der Waals surface area contributed by atoms with Crippen LogP contribution < -0.4 is 15.8 Å². The molecule has 8 nitrogen and oxygen atoms in total. The number of amides is 1. The lowest BCUT2D eigenvalue weighted by atomic mass is 9.96. The molecule has 0 radical (unpaired) electrons. The average molecular weight is 433 g/mol. The van der Waals surface area contributed by atoms with Gasteiger partial charge in [0, 0.05) is 37.3 Å². The van der Waals surface area contributed by atoms with E-state index in [2.05, 4.69) is 32.1 Å². The van der Waals surface area contributed by atoms with Crippen LogP contribution in [0.1, 0.15) is 51.1 Å². The van der Waals surface area contributed by atoms with Gasteiger partial charge in [-0.15, -0.1) is 5.10 Å². The van der Waals surface area contributed by atoms with Crippen LogP contribution in [0.15, 0.2) is 10.9 Å². The number of anilines is 1. The Hall–Kier alpha value is -2.00. The molecule has 2 aliphatic rings. The van der Waals surface area contributed by atoms with Gasteiger partial charge in [-0.1, -0.05) is 24.7 Å². The van der Waals surface area contributed by atoms with E-state index < -0.39 is 0 Å². The number of nitrogens with one attached hydrogen (secondary N) is 1. The summed E-state index contributed by atoms with van der Waals surface area (Å²) < 4.78 is 1.40. The molecule has 164 valence electrons. The monoisotopic (exact) mass is 432 g/mol. The highest BCUT2D eigenvalue weighted by atomic mass is 32.1. The van der Waals surface area contributed by atoms with Crippen LogP contribution in [-0.2, 0) is 11.2 Å². The van der Waals surface area contributed by atoms with Crippen LogP contribution in [0.3, 0.4) is 0 Å². The van der Waals surface area contributed by atoms with Crippen molar-refractivity contribution in [3.05, 3.63) is 22.1 Å². The van der Waals surface area contributed by atoms with E-state index in [9.17, 15) is 9.59 Å². The average Bonchev–Trinajstić information content (AvgIpc) is 3.41. The molecule has 0 atom stereocenters. The predicted octanol–water partition coefficient (Wildman–Crippen LogP) is 1.92. The SMILES string of the molecule is CCCc1cc(=O)n2nc(N3CCC(C(=O)NCCCN4CCCC4)CC3)sc2n1. The van der Waals surface area contributed by atoms with Crippen molar-refractivity contribution in [2.45, 2.75) is 51.9 Å². The highest BCUT2D eigenvalue weighted by Gasteiger charge is 2.26. The third kappa shape index (κ3) is 5.00. The molecular weight excluding hydrogens is 400 g/mol. The van der Waals surface area contributed by atoms with Gasteiger partial charge in [0.25, 0.3) is 5.56 Å². The zero-order valence-electron chi connectivity index (χ0n) is 17.8. The van der Waals surface area contributed by atoms with Crippen molar-refractivity contribution in [3.8, 4) is 0 Å². The molecule has 2 fully saturated rings. The zero-order chi connectivity index (χ0) is 20.9. The third-order valence-electron chi connectivity index (χ3n) is 6.08. The van der Waals surface area contributed by atoms with Gasteiger partial charge in [0.2, 0.25) is 16.0 Å². The van der Waals surface area contributed by atoms with Crippen LogP contribution in [0.25, 0.3) is 4.96 Å². The maximum atomic E-state index is 12.5. The predicted molar refractivity (Wildman–Crippen MR) is 119 cm³/mol. The molecular formula is C21H32N6O2S. The van der Waals surface area contributed by atoms with Gasteiger partial charge >= 0.3 is 0 Å². The second-order valence-electron chi connectivity index (χ2n) is 8.37. The van der Waals surface area contributed by atoms with Crippen molar-refractivity contribution in [1.29, 1.82) is 0 Å². The molecule has 0 bridgehead atoms. The molecule has 1 N–H and O–H groups in total. The van der Waals surface area contributed by atoms with Crippen molar-refractivity contribution >= 4 is 27.3 Å². The Morgan fingerprint density at radius 2 is 2.00 bits per heavy atom. The van der Waals surface area contributed by atoms with Gasteiger partial charge in [-0.3, -0.25) is 9.59 Å². The first kappa shape index (κ1) is 21.2. The van der Waals surface area contributed by atoms with E-state index in [1.807, 2.05) is 0 Å². The minimum atomic E-state index is -0.117. The summed E-state index contributed by atoms with van der Waals surface area (Å²) >= 11 is 1.46. The topological polar surface area (TPSA) is 82.8 Å². The van der Waals surface area contributed by atoms with E-state index in [1.54, 1.807) is 6.07 Å². The number of hydrogen-bond donors (Lipinski definition) is 1. The summed E-state index contributed by atoms with van der Waals surface area (Å²) in [4.78, 5) is 34.7. The van der Waals surface area contributed by atoms with Crippen LogP contribution in [0.4, 0.5) is 5.13 Å². The number of piperidine rings is 1. The van der Waals surface area contributed by atoms with Crippen LogP contribution in [0.5, 0.6) is 0 Å².